The summed E-state index contributed by atoms with van der Waals surface area (Å²) in [6.45, 7) is 0.838. The van der Waals surface area contributed by atoms with Crippen LogP contribution in [0.15, 0.2) is 0 Å². The fourth-order valence-corrected chi connectivity index (χ4v) is 1.93. The zero-order valence-corrected chi connectivity index (χ0v) is 7.70. The normalized spacial score (nSPS) is 30.6. The molecule has 1 amide bonds. The molecule has 0 bridgehead atoms. The highest BCUT2D eigenvalue weighted by Gasteiger charge is 2.49. The fourth-order valence-electron chi connectivity index (χ4n) is 1.93. The second-order valence-electron chi connectivity index (χ2n) is 4.13. The standard InChI is InChI=1S/C9H16N2O2/c10-9(3-4-9)8(13)11-5-1-2-7(11)6-12/h7,12H,1-6,10H2. The van der Waals surface area contributed by atoms with Gasteiger partial charge in [0.15, 0.2) is 0 Å². The number of rotatable bonds is 2. The van der Waals surface area contributed by atoms with Crippen molar-refractivity contribution < 1.29 is 9.90 Å². The van der Waals surface area contributed by atoms with Crippen molar-refractivity contribution in [3.8, 4) is 0 Å². The highest BCUT2D eigenvalue weighted by Crippen LogP contribution is 2.36. The SMILES string of the molecule is NC1(C(=O)N2CCCC2CO)CC1. The molecule has 4 nitrogen and oxygen atoms in total. The minimum atomic E-state index is -0.572. The van der Waals surface area contributed by atoms with Gasteiger partial charge >= 0.3 is 0 Å². The van der Waals surface area contributed by atoms with Crippen LogP contribution in [0.25, 0.3) is 0 Å². The van der Waals surface area contributed by atoms with E-state index in [4.69, 9.17) is 10.8 Å². The summed E-state index contributed by atoms with van der Waals surface area (Å²) in [4.78, 5) is 13.5. The van der Waals surface area contributed by atoms with E-state index in [0.717, 1.165) is 32.2 Å². The average Bonchev–Trinajstić information content (AvgIpc) is 2.71. The van der Waals surface area contributed by atoms with Crippen LogP contribution >= 0.6 is 0 Å². The van der Waals surface area contributed by atoms with Crippen LogP contribution < -0.4 is 5.73 Å². The van der Waals surface area contributed by atoms with Gasteiger partial charge in [0.25, 0.3) is 0 Å². The van der Waals surface area contributed by atoms with Gasteiger partial charge in [0, 0.05) is 6.54 Å². The maximum absolute atomic E-state index is 11.8. The Labute approximate surface area is 77.7 Å². The molecule has 4 heteroatoms. The smallest absolute Gasteiger partial charge is 0.242 e. The van der Waals surface area contributed by atoms with E-state index in [9.17, 15) is 4.79 Å². The Morgan fingerprint density at radius 1 is 1.62 bits per heavy atom. The number of carbonyl (C=O) groups excluding carboxylic acids is 1. The number of likely N-dealkylation sites (tertiary alicyclic amines) is 1. The van der Waals surface area contributed by atoms with Gasteiger partial charge in [0.2, 0.25) is 5.91 Å². The first-order valence-corrected chi connectivity index (χ1v) is 4.88. The third kappa shape index (κ3) is 1.44. The van der Waals surface area contributed by atoms with Gasteiger partial charge in [-0.3, -0.25) is 4.79 Å². The van der Waals surface area contributed by atoms with Crippen LogP contribution in [-0.2, 0) is 4.79 Å². The average molecular weight is 184 g/mol. The molecule has 74 valence electrons. The van der Waals surface area contributed by atoms with Gasteiger partial charge in [0.05, 0.1) is 18.2 Å². The lowest BCUT2D eigenvalue weighted by Crippen LogP contribution is -2.48. The van der Waals surface area contributed by atoms with E-state index < -0.39 is 5.54 Å². The first-order valence-electron chi connectivity index (χ1n) is 4.88. The summed E-state index contributed by atoms with van der Waals surface area (Å²) >= 11 is 0. The number of aliphatic hydroxyl groups excluding tert-OH is 1. The molecule has 13 heavy (non-hydrogen) atoms. The zero-order chi connectivity index (χ0) is 9.47. The Hall–Kier alpha value is -0.610. The van der Waals surface area contributed by atoms with Gasteiger partial charge in [-0.1, -0.05) is 0 Å². The van der Waals surface area contributed by atoms with Gasteiger partial charge in [-0.25, -0.2) is 0 Å². The monoisotopic (exact) mass is 184 g/mol. The number of amides is 1. The van der Waals surface area contributed by atoms with Crippen molar-refractivity contribution in [1.29, 1.82) is 0 Å². The number of hydrogen-bond acceptors (Lipinski definition) is 3. The lowest BCUT2D eigenvalue weighted by atomic mass is 10.2. The van der Waals surface area contributed by atoms with Gasteiger partial charge < -0.3 is 15.7 Å². The van der Waals surface area contributed by atoms with Crippen molar-refractivity contribution in [2.45, 2.75) is 37.3 Å². The van der Waals surface area contributed by atoms with Crippen LogP contribution in [0.1, 0.15) is 25.7 Å². The van der Waals surface area contributed by atoms with E-state index in [1.165, 1.54) is 0 Å². The molecular weight excluding hydrogens is 168 g/mol. The van der Waals surface area contributed by atoms with Gasteiger partial charge in [-0.15, -0.1) is 0 Å². The number of nitrogens with two attached hydrogens (primary N) is 1. The van der Waals surface area contributed by atoms with Crippen LogP contribution in [0, 0.1) is 0 Å². The minimum absolute atomic E-state index is 0.0218. The maximum Gasteiger partial charge on any atom is 0.242 e. The molecule has 0 aromatic rings. The van der Waals surface area contributed by atoms with Gasteiger partial charge in [-0.2, -0.15) is 0 Å². The van der Waals surface area contributed by atoms with Crippen LogP contribution in [0.4, 0.5) is 0 Å². The molecule has 0 aromatic carbocycles. The summed E-state index contributed by atoms with van der Waals surface area (Å²) in [7, 11) is 0. The topological polar surface area (TPSA) is 66.6 Å². The third-order valence-corrected chi connectivity index (χ3v) is 3.06. The predicted molar refractivity (Wildman–Crippen MR) is 48.0 cm³/mol. The molecule has 1 atom stereocenters. The second-order valence-corrected chi connectivity index (χ2v) is 4.13. The van der Waals surface area contributed by atoms with Crippen molar-refractivity contribution in [3.05, 3.63) is 0 Å². The first-order chi connectivity index (χ1) is 6.17. The molecule has 1 saturated heterocycles. The number of nitrogens with zero attached hydrogens (tertiary/aromatic N) is 1. The summed E-state index contributed by atoms with van der Waals surface area (Å²) in [6.07, 6.45) is 3.52. The van der Waals surface area contributed by atoms with Crippen LogP contribution in [0.3, 0.4) is 0 Å². The Bertz CT molecular complexity index is 226. The zero-order valence-electron chi connectivity index (χ0n) is 7.70. The predicted octanol–water partition coefficient (Wildman–Crippen LogP) is -0.539. The Morgan fingerprint density at radius 2 is 2.31 bits per heavy atom. The van der Waals surface area contributed by atoms with Gasteiger partial charge in [0.1, 0.15) is 0 Å². The Kier molecular flexibility index (Phi) is 2.04. The van der Waals surface area contributed by atoms with Crippen molar-refractivity contribution in [3.63, 3.8) is 0 Å². The summed E-state index contributed by atoms with van der Waals surface area (Å²) in [5.41, 5.74) is 5.24. The molecule has 1 saturated carbocycles. The second kappa shape index (κ2) is 2.96. The van der Waals surface area contributed by atoms with E-state index in [1.807, 2.05) is 0 Å². The molecule has 3 N–H and O–H groups in total. The summed E-state index contributed by atoms with van der Waals surface area (Å²) < 4.78 is 0. The van der Waals surface area contributed by atoms with Crippen molar-refractivity contribution >= 4 is 5.91 Å². The molecule has 0 spiro atoms. The molecule has 0 radical (unpaired) electrons. The number of hydrogen-bond donors (Lipinski definition) is 2. The van der Waals surface area contributed by atoms with E-state index in [0.29, 0.717) is 0 Å². The number of aliphatic hydroxyl groups is 1. The van der Waals surface area contributed by atoms with E-state index >= 15 is 0 Å². The first kappa shape index (κ1) is 8.97. The van der Waals surface area contributed by atoms with Crippen molar-refractivity contribution in [2.75, 3.05) is 13.2 Å². The lowest BCUT2D eigenvalue weighted by Gasteiger charge is -2.25. The quantitative estimate of drug-likeness (QED) is 0.605. The van der Waals surface area contributed by atoms with E-state index in [1.54, 1.807) is 4.90 Å². The molecular formula is C9H16N2O2. The minimum Gasteiger partial charge on any atom is -0.394 e. The molecule has 2 rings (SSSR count). The Balaban J connectivity index is 2.03. The van der Waals surface area contributed by atoms with E-state index in [2.05, 4.69) is 0 Å². The maximum atomic E-state index is 11.8. The molecule has 2 aliphatic rings. The van der Waals surface area contributed by atoms with Crippen molar-refractivity contribution in [2.24, 2.45) is 5.73 Å². The molecule has 0 aromatic heterocycles. The molecule has 1 aliphatic carbocycles. The molecule has 2 fully saturated rings. The fraction of sp³-hybridized carbons (Fsp3) is 0.889. The third-order valence-electron chi connectivity index (χ3n) is 3.06. The Morgan fingerprint density at radius 3 is 2.85 bits per heavy atom. The highest BCUT2D eigenvalue weighted by molar-refractivity contribution is 5.89. The molecule has 1 heterocycles. The van der Waals surface area contributed by atoms with Crippen LogP contribution in [-0.4, -0.2) is 40.6 Å². The number of carbonyl (C=O) groups is 1. The van der Waals surface area contributed by atoms with Crippen LogP contribution in [0.5, 0.6) is 0 Å². The summed E-state index contributed by atoms with van der Waals surface area (Å²) in [5.74, 6) is 0.0454. The van der Waals surface area contributed by atoms with Gasteiger partial charge in [-0.05, 0) is 25.7 Å². The summed E-state index contributed by atoms with van der Waals surface area (Å²) in [6, 6.07) is 0.0218. The largest absolute Gasteiger partial charge is 0.394 e. The van der Waals surface area contributed by atoms with Crippen molar-refractivity contribution in [1.82, 2.24) is 4.90 Å². The molecule has 1 unspecified atom stereocenters. The highest BCUT2D eigenvalue weighted by atomic mass is 16.3. The van der Waals surface area contributed by atoms with Crippen LogP contribution in [0.2, 0.25) is 0 Å². The molecule has 1 aliphatic heterocycles. The summed E-state index contributed by atoms with van der Waals surface area (Å²) in [5, 5.41) is 9.04. The van der Waals surface area contributed by atoms with E-state index in [-0.39, 0.29) is 18.6 Å². The lowest BCUT2D eigenvalue weighted by molar-refractivity contribution is -0.135.